The molecule has 0 bridgehead atoms. The summed E-state index contributed by atoms with van der Waals surface area (Å²) in [4.78, 5) is 11.6. The van der Waals surface area contributed by atoms with Crippen molar-refractivity contribution in [3.05, 3.63) is 71.4 Å². The second-order valence-electron chi connectivity index (χ2n) is 9.70. The quantitative estimate of drug-likeness (QED) is 0.426. The molecule has 3 N–H and O–H groups in total. The molecule has 2 aromatic carbocycles. The Labute approximate surface area is 218 Å². The van der Waals surface area contributed by atoms with Crippen LogP contribution < -0.4 is 16.0 Å². The topological polar surface area (TPSA) is 105 Å². The van der Waals surface area contributed by atoms with Crippen LogP contribution in [0.1, 0.15) is 30.1 Å². The lowest BCUT2D eigenvalue weighted by Gasteiger charge is -2.32. The minimum absolute atomic E-state index is 0.0441. The average Bonchev–Trinajstić information content (AvgIpc) is 3.33. The molecule has 4 heterocycles. The third kappa shape index (κ3) is 4.39. The van der Waals surface area contributed by atoms with E-state index in [0.29, 0.717) is 42.2 Å². The van der Waals surface area contributed by atoms with Crippen LogP contribution in [-0.2, 0) is 4.74 Å². The molecular formula is C28H27F2N7O. The van der Waals surface area contributed by atoms with Crippen molar-refractivity contribution in [2.45, 2.75) is 25.0 Å². The number of piperidine rings is 1. The first-order valence-electron chi connectivity index (χ1n) is 12.7. The predicted octanol–water partition coefficient (Wildman–Crippen LogP) is 3.83. The molecule has 0 amide bonds. The molecule has 0 saturated carbocycles. The van der Waals surface area contributed by atoms with Gasteiger partial charge in [0.25, 0.3) is 0 Å². The van der Waals surface area contributed by atoms with Gasteiger partial charge in [0.15, 0.2) is 5.65 Å². The summed E-state index contributed by atoms with van der Waals surface area (Å²) in [6.45, 7) is 3.41. The smallest absolute Gasteiger partial charge is 0.167 e. The van der Waals surface area contributed by atoms with Crippen LogP contribution in [0, 0.1) is 23.0 Å². The van der Waals surface area contributed by atoms with Gasteiger partial charge < -0.3 is 20.7 Å². The molecule has 6 rings (SSSR count). The van der Waals surface area contributed by atoms with Gasteiger partial charge in [-0.25, -0.2) is 18.7 Å². The van der Waals surface area contributed by atoms with Gasteiger partial charge in [0.1, 0.15) is 29.0 Å². The van der Waals surface area contributed by atoms with Gasteiger partial charge in [-0.3, -0.25) is 4.57 Å². The molecule has 4 aromatic rings. The number of hydrogen-bond donors (Lipinski definition) is 2. The maximum atomic E-state index is 15.8. The zero-order chi connectivity index (χ0) is 26.2. The van der Waals surface area contributed by atoms with Crippen molar-refractivity contribution in [1.82, 2.24) is 19.9 Å². The molecule has 194 valence electrons. The lowest BCUT2D eigenvalue weighted by Crippen LogP contribution is -2.42. The third-order valence-electron chi connectivity index (χ3n) is 7.18. The van der Waals surface area contributed by atoms with Crippen LogP contribution in [0.4, 0.5) is 14.5 Å². The standard InChI is InChI=1S/C28H27F2N7O/c29-21-13-18(3-4-19(21)14-31)27-35-26-24(36-10-1-2-20(32)16-36)7-8-34-28(26)37(27)23-6-5-17(12-22(23)30)25-15-33-9-11-38-25/h3-8,12-13,20,25,33H,1-2,9-11,15-16,32H2/t20?,25-/m0/s1. The molecule has 2 saturated heterocycles. The first kappa shape index (κ1) is 24.4. The lowest BCUT2D eigenvalue weighted by molar-refractivity contribution is 0.0275. The Morgan fingerprint density at radius 1 is 1.11 bits per heavy atom. The number of aromatic nitrogens is 3. The Kier molecular flexibility index (Phi) is 6.49. The summed E-state index contributed by atoms with van der Waals surface area (Å²) in [7, 11) is 0. The second-order valence-corrected chi connectivity index (χ2v) is 9.70. The van der Waals surface area contributed by atoms with E-state index in [9.17, 15) is 9.65 Å². The van der Waals surface area contributed by atoms with Gasteiger partial charge in [0, 0.05) is 44.0 Å². The van der Waals surface area contributed by atoms with Crippen molar-refractivity contribution in [2.24, 2.45) is 5.73 Å². The number of hydrogen-bond acceptors (Lipinski definition) is 7. The molecule has 10 heteroatoms. The average molecular weight is 516 g/mol. The van der Waals surface area contributed by atoms with E-state index < -0.39 is 11.6 Å². The van der Waals surface area contributed by atoms with Crippen LogP contribution >= 0.6 is 0 Å². The van der Waals surface area contributed by atoms with Crippen molar-refractivity contribution in [2.75, 3.05) is 37.7 Å². The minimum atomic E-state index is -0.670. The summed E-state index contributed by atoms with van der Waals surface area (Å²) in [5.41, 5.74) is 9.41. The van der Waals surface area contributed by atoms with Gasteiger partial charge in [-0.05, 0) is 54.8 Å². The minimum Gasteiger partial charge on any atom is -0.371 e. The van der Waals surface area contributed by atoms with E-state index in [2.05, 4.69) is 15.2 Å². The first-order valence-corrected chi connectivity index (χ1v) is 12.7. The third-order valence-corrected chi connectivity index (χ3v) is 7.18. The number of nitrogens with two attached hydrogens (primary N) is 1. The van der Waals surface area contributed by atoms with E-state index in [1.807, 2.05) is 18.2 Å². The largest absolute Gasteiger partial charge is 0.371 e. The molecule has 2 atom stereocenters. The van der Waals surface area contributed by atoms with Crippen molar-refractivity contribution in [3.8, 4) is 23.1 Å². The van der Waals surface area contributed by atoms with Gasteiger partial charge in [0.2, 0.25) is 0 Å². The number of morpholine rings is 1. The number of nitrogens with zero attached hydrogens (tertiary/aromatic N) is 5. The van der Waals surface area contributed by atoms with E-state index in [1.165, 1.54) is 18.2 Å². The molecule has 2 aromatic heterocycles. The fourth-order valence-electron chi connectivity index (χ4n) is 5.30. The van der Waals surface area contributed by atoms with E-state index >= 15 is 4.39 Å². The van der Waals surface area contributed by atoms with Crippen molar-refractivity contribution >= 4 is 16.9 Å². The molecule has 0 radical (unpaired) electrons. The number of anilines is 1. The fraction of sp³-hybridized carbons (Fsp3) is 0.321. The van der Waals surface area contributed by atoms with Crippen LogP contribution in [0.2, 0.25) is 0 Å². The van der Waals surface area contributed by atoms with E-state index in [-0.39, 0.29) is 23.4 Å². The van der Waals surface area contributed by atoms with Gasteiger partial charge in [-0.15, -0.1) is 0 Å². The summed E-state index contributed by atoms with van der Waals surface area (Å²) >= 11 is 0. The number of ether oxygens (including phenoxy) is 1. The molecule has 0 spiro atoms. The number of nitrogens with one attached hydrogen (secondary N) is 1. The highest BCUT2D eigenvalue weighted by molar-refractivity contribution is 5.90. The Bertz CT molecular complexity index is 1540. The maximum Gasteiger partial charge on any atom is 0.167 e. The molecule has 0 aliphatic carbocycles. The van der Waals surface area contributed by atoms with Gasteiger partial charge in [-0.1, -0.05) is 6.07 Å². The van der Waals surface area contributed by atoms with Crippen LogP contribution in [0.15, 0.2) is 48.7 Å². The highest BCUT2D eigenvalue weighted by Gasteiger charge is 2.26. The second kappa shape index (κ2) is 10.1. The number of benzene rings is 2. The monoisotopic (exact) mass is 515 g/mol. The molecule has 1 unspecified atom stereocenters. The van der Waals surface area contributed by atoms with Crippen LogP contribution in [0.25, 0.3) is 28.2 Å². The fourth-order valence-corrected chi connectivity index (χ4v) is 5.30. The van der Waals surface area contributed by atoms with Gasteiger partial charge >= 0.3 is 0 Å². The van der Waals surface area contributed by atoms with Crippen LogP contribution in [0.3, 0.4) is 0 Å². The summed E-state index contributed by atoms with van der Waals surface area (Å²) in [6.07, 6.45) is 3.33. The van der Waals surface area contributed by atoms with E-state index in [0.717, 1.165) is 37.2 Å². The van der Waals surface area contributed by atoms with Crippen molar-refractivity contribution in [3.63, 3.8) is 0 Å². The van der Waals surface area contributed by atoms with E-state index in [4.69, 9.17) is 15.5 Å². The van der Waals surface area contributed by atoms with Crippen LogP contribution in [-0.4, -0.2) is 53.4 Å². The highest BCUT2D eigenvalue weighted by Crippen LogP contribution is 2.35. The van der Waals surface area contributed by atoms with Crippen molar-refractivity contribution in [1.29, 1.82) is 5.26 Å². The Morgan fingerprint density at radius 3 is 2.74 bits per heavy atom. The number of fused-ring (bicyclic) bond motifs is 1. The zero-order valence-electron chi connectivity index (χ0n) is 20.7. The summed E-state index contributed by atoms with van der Waals surface area (Å²) in [6, 6.07) is 13.0. The molecule has 8 nitrogen and oxygen atoms in total. The molecule has 2 fully saturated rings. The Morgan fingerprint density at radius 2 is 2.00 bits per heavy atom. The lowest BCUT2D eigenvalue weighted by atomic mass is 10.1. The number of imidazole rings is 1. The molecule has 2 aliphatic rings. The van der Waals surface area contributed by atoms with Gasteiger partial charge in [0.05, 0.1) is 29.6 Å². The number of halogens is 2. The normalized spacial score (nSPS) is 20.0. The zero-order valence-corrected chi connectivity index (χ0v) is 20.7. The SMILES string of the molecule is N#Cc1ccc(-c2nc3c(N4CCCC(N)C4)ccnc3n2-c2ccc([C@@H]3CNCCO3)cc2F)cc1F. The van der Waals surface area contributed by atoms with Gasteiger partial charge in [-0.2, -0.15) is 5.26 Å². The Balaban J connectivity index is 1.54. The van der Waals surface area contributed by atoms with Crippen molar-refractivity contribution < 1.29 is 13.5 Å². The van der Waals surface area contributed by atoms with Crippen LogP contribution in [0.5, 0.6) is 0 Å². The summed E-state index contributed by atoms with van der Waals surface area (Å²) < 4.78 is 37.9. The highest BCUT2D eigenvalue weighted by atomic mass is 19.1. The number of nitriles is 1. The maximum absolute atomic E-state index is 15.8. The first-order chi connectivity index (χ1) is 18.5. The molecule has 2 aliphatic heterocycles. The molecular weight excluding hydrogens is 488 g/mol. The van der Waals surface area contributed by atoms with E-state index in [1.54, 1.807) is 22.9 Å². The predicted molar refractivity (Wildman–Crippen MR) is 140 cm³/mol. The number of pyridine rings is 1. The summed E-state index contributed by atoms with van der Waals surface area (Å²) in [5.74, 6) is -0.818. The summed E-state index contributed by atoms with van der Waals surface area (Å²) in [5, 5.41) is 12.5. The number of rotatable bonds is 4. The molecule has 38 heavy (non-hydrogen) atoms. The Hall–Kier alpha value is -3.91.